The van der Waals surface area contributed by atoms with Crippen LogP contribution in [0.1, 0.15) is 39.5 Å². The number of thiocarbonyl (C=S) groups is 1. The Bertz CT molecular complexity index is 91.3. The van der Waals surface area contributed by atoms with Crippen LogP contribution in [0.5, 0.6) is 0 Å². The molecule has 1 nitrogen and oxygen atoms in total. The van der Waals surface area contributed by atoms with E-state index in [1.54, 1.807) is 0 Å². The molecule has 0 aromatic heterocycles. The zero-order valence-corrected chi connectivity index (χ0v) is 7.67. The summed E-state index contributed by atoms with van der Waals surface area (Å²) in [6.45, 7) is 5.05. The molecule has 0 amide bonds. The van der Waals surface area contributed by atoms with Gasteiger partial charge in [-0.1, -0.05) is 20.3 Å². The van der Waals surface area contributed by atoms with Crippen LogP contribution in [0.2, 0.25) is 0 Å². The highest BCUT2D eigenvalue weighted by Gasteiger charge is 1.93. The number of unbranched alkanes of at least 4 members (excludes halogenated alkanes) is 1. The number of hydrogen-bond acceptors (Lipinski definition) is 2. The molecule has 0 aliphatic rings. The molecule has 0 aromatic carbocycles. The van der Waals surface area contributed by atoms with Crippen LogP contribution in [0.25, 0.3) is 0 Å². The third-order valence-corrected chi connectivity index (χ3v) is 1.54. The van der Waals surface area contributed by atoms with Gasteiger partial charge in [0.2, 0.25) is 0 Å². The molecule has 0 unspecified atom stereocenters. The maximum atomic E-state index is 5.25. The topological polar surface area (TPSA) is 9.23 Å². The van der Waals surface area contributed by atoms with E-state index in [9.17, 15) is 0 Å². The van der Waals surface area contributed by atoms with Gasteiger partial charge in [0.15, 0.2) is 5.05 Å². The molecule has 0 spiro atoms. The Morgan fingerprint density at radius 1 is 1.30 bits per heavy atom. The van der Waals surface area contributed by atoms with E-state index in [1.807, 2.05) is 0 Å². The van der Waals surface area contributed by atoms with Crippen LogP contribution in [0.15, 0.2) is 0 Å². The average Bonchev–Trinajstić information content (AvgIpc) is 1.89. The first-order valence-electron chi connectivity index (χ1n) is 3.96. The molecular weight excluding hydrogens is 144 g/mol. The predicted octanol–water partition coefficient (Wildman–Crippen LogP) is 2.93. The molecule has 10 heavy (non-hydrogen) atoms. The van der Waals surface area contributed by atoms with E-state index in [-0.39, 0.29) is 0 Å². The summed E-state index contributed by atoms with van der Waals surface area (Å²) in [5.41, 5.74) is 0. The summed E-state index contributed by atoms with van der Waals surface area (Å²) in [5.74, 6) is 0. The molecule has 60 valence electrons. The van der Waals surface area contributed by atoms with Gasteiger partial charge < -0.3 is 4.74 Å². The Morgan fingerprint density at radius 3 is 2.50 bits per heavy atom. The van der Waals surface area contributed by atoms with Crippen molar-refractivity contribution in [1.29, 1.82) is 0 Å². The first kappa shape index (κ1) is 9.89. The lowest BCUT2D eigenvalue weighted by Gasteiger charge is -2.03. The minimum absolute atomic E-state index is 0.774. The van der Waals surface area contributed by atoms with Crippen molar-refractivity contribution in [2.75, 3.05) is 6.61 Å². The highest BCUT2D eigenvalue weighted by atomic mass is 32.1. The van der Waals surface area contributed by atoms with Gasteiger partial charge in [0.25, 0.3) is 0 Å². The molecule has 0 radical (unpaired) electrons. The van der Waals surface area contributed by atoms with Crippen molar-refractivity contribution in [3.8, 4) is 0 Å². The fourth-order valence-electron chi connectivity index (χ4n) is 0.607. The van der Waals surface area contributed by atoms with Crippen molar-refractivity contribution < 1.29 is 4.74 Å². The van der Waals surface area contributed by atoms with E-state index in [1.165, 1.54) is 6.42 Å². The van der Waals surface area contributed by atoms with Gasteiger partial charge in [-0.3, -0.25) is 0 Å². The van der Waals surface area contributed by atoms with Crippen LogP contribution in [-0.4, -0.2) is 11.7 Å². The zero-order valence-electron chi connectivity index (χ0n) is 6.85. The maximum absolute atomic E-state index is 5.25. The van der Waals surface area contributed by atoms with E-state index in [2.05, 4.69) is 13.8 Å². The summed E-state index contributed by atoms with van der Waals surface area (Å²) in [6.07, 6.45) is 4.31. The van der Waals surface area contributed by atoms with E-state index < -0.39 is 0 Å². The Morgan fingerprint density at radius 2 is 2.00 bits per heavy atom. The summed E-state index contributed by atoms with van der Waals surface area (Å²) in [4.78, 5) is 0. The first-order chi connectivity index (χ1) is 4.81. The Balaban J connectivity index is 3.05. The van der Waals surface area contributed by atoms with Gasteiger partial charge in [0.1, 0.15) is 0 Å². The summed E-state index contributed by atoms with van der Waals surface area (Å²) in [5, 5.41) is 0.774. The molecule has 0 N–H and O–H groups in total. The smallest absolute Gasteiger partial charge is 0.159 e. The third kappa shape index (κ3) is 6.02. The average molecular weight is 160 g/mol. The molecule has 0 bridgehead atoms. The van der Waals surface area contributed by atoms with Crippen molar-refractivity contribution >= 4 is 17.3 Å². The zero-order chi connectivity index (χ0) is 7.82. The minimum Gasteiger partial charge on any atom is -0.487 e. The van der Waals surface area contributed by atoms with Crippen LogP contribution in [0.3, 0.4) is 0 Å². The summed E-state index contributed by atoms with van der Waals surface area (Å²) in [7, 11) is 0. The summed E-state index contributed by atoms with van der Waals surface area (Å²) < 4.78 is 5.25. The molecule has 0 rings (SSSR count). The van der Waals surface area contributed by atoms with E-state index in [4.69, 9.17) is 17.0 Å². The van der Waals surface area contributed by atoms with Crippen LogP contribution in [0.4, 0.5) is 0 Å². The molecule has 0 saturated heterocycles. The van der Waals surface area contributed by atoms with Crippen molar-refractivity contribution in [2.45, 2.75) is 39.5 Å². The molecule has 0 aromatic rings. The van der Waals surface area contributed by atoms with E-state index in [0.29, 0.717) is 0 Å². The monoisotopic (exact) mass is 160 g/mol. The largest absolute Gasteiger partial charge is 0.487 e. The highest BCUT2D eigenvalue weighted by Crippen LogP contribution is 1.96. The van der Waals surface area contributed by atoms with Gasteiger partial charge >= 0.3 is 0 Å². The Labute approximate surface area is 68.8 Å². The van der Waals surface area contributed by atoms with Crippen molar-refractivity contribution in [3.63, 3.8) is 0 Å². The third-order valence-electron chi connectivity index (χ3n) is 1.22. The molecule has 0 saturated carbocycles. The maximum Gasteiger partial charge on any atom is 0.159 e. The van der Waals surface area contributed by atoms with Crippen LogP contribution in [-0.2, 0) is 4.74 Å². The van der Waals surface area contributed by atoms with Gasteiger partial charge in [0, 0.05) is 6.42 Å². The standard InChI is InChI=1S/C8H16OS/c1-3-5-7-9-8(10)6-4-2/h3-7H2,1-2H3. The summed E-state index contributed by atoms with van der Waals surface area (Å²) in [6, 6.07) is 0. The number of ether oxygens (including phenoxy) is 1. The van der Waals surface area contributed by atoms with Crippen molar-refractivity contribution in [1.82, 2.24) is 0 Å². The molecule has 0 aliphatic carbocycles. The second-order valence-corrected chi connectivity index (χ2v) is 2.78. The Hall–Kier alpha value is -0.110. The van der Waals surface area contributed by atoms with Crippen LogP contribution in [0, 0.1) is 0 Å². The fourth-order valence-corrected chi connectivity index (χ4v) is 0.894. The second kappa shape index (κ2) is 7.00. The van der Waals surface area contributed by atoms with Crippen molar-refractivity contribution in [3.05, 3.63) is 0 Å². The van der Waals surface area contributed by atoms with Gasteiger partial charge in [0.05, 0.1) is 6.61 Å². The van der Waals surface area contributed by atoms with Crippen LogP contribution >= 0.6 is 12.2 Å². The highest BCUT2D eigenvalue weighted by molar-refractivity contribution is 7.80. The van der Waals surface area contributed by atoms with Gasteiger partial charge in [-0.15, -0.1) is 0 Å². The van der Waals surface area contributed by atoms with E-state index in [0.717, 1.165) is 30.9 Å². The van der Waals surface area contributed by atoms with Gasteiger partial charge in [-0.05, 0) is 25.1 Å². The molecule has 0 aliphatic heterocycles. The Kier molecular flexibility index (Phi) is 6.93. The lowest BCUT2D eigenvalue weighted by Crippen LogP contribution is -2.01. The molecule has 0 atom stereocenters. The molecular formula is C8H16OS. The van der Waals surface area contributed by atoms with Crippen LogP contribution < -0.4 is 0 Å². The summed E-state index contributed by atoms with van der Waals surface area (Å²) >= 11 is 4.94. The quantitative estimate of drug-likeness (QED) is 0.452. The molecule has 0 fully saturated rings. The first-order valence-corrected chi connectivity index (χ1v) is 4.37. The fraction of sp³-hybridized carbons (Fsp3) is 0.875. The predicted molar refractivity (Wildman–Crippen MR) is 48.4 cm³/mol. The molecule has 0 heterocycles. The van der Waals surface area contributed by atoms with E-state index >= 15 is 0 Å². The van der Waals surface area contributed by atoms with Gasteiger partial charge in [-0.2, -0.15) is 0 Å². The minimum atomic E-state index is 0.774. The second-order valence-electron chi connectivity index (χ2n) is 2.32. The lowest BCUT2D eigenvalue weighted by molar-refractivity contribution is 0.296. The van der Waals surface area contributed by atoms with Gasteiger partial charge in [-0.25, -0.2) is 0 Å². The normalized spacial score (nSPS) is 9.40. The SMILES string of the molecule is CCCCOC(=S)CCC. The number of rotatable bonds is 5. The van der Waals surface area contributed by atoms with Crippen molar-refractivity contribution in [2.24, 2.45) is 0 Å². The molecule has 2 heteroatoms. The lowest BCUT2D eigenvalue weighted by atomic mass is 10.3. The number of hydrogen-bond donors (Lipinski definition) is 0.